The van der Waals surface area contributed by atoms with Gasteiger partial charge in [-0.15, -0.1) is 0 Å². The van der Waals surface area contributed by atoms with Gasteiger partial charge in [0.05, 0.1) is 12.7 Å². The fourth-order valence-electron chi connectivity index (χ4n) is 7.52. The van der Waals surface area contributed by atoms with Crippen LogP contribution in [0.4, 0.5) is 0 Å². The van der Waals surface area contributed by atoms with E-state index in [4.69, 9.17) is 14.0 Å². The van der Waals surface area contributed by atoms with E-state index in [-0.39, 0.29) is 12.3 Å². The molecule has 9 heteroatoms. The zero-order valence-corrected chi connectivity index (χ0v) is 38.5. The van der Waals surface area contributed by atoms with Crippen LogP contribution in [0.2, 0.25) is 0 Å². The Kier molecular flexibility index (Phi) is 36.7. The topological polar surface area (TPSA) is 102 Å². The van der Waals surface area contributed by atoms with Crippen LogP contribution in [-0.2, 0) is 18.6 Å². The van der Waals surface area contributed by atoms with E-state index >= 15 is 0 Å². The van der Waals surface area contributed by atoms with Gasteiger partial charge in [0.2, 0.25) is 0 Å². The highest BCUT2D eigenvalue weighted by molar-refractivity contribution is 7.73. The van der Waals surface area contributed by atoms with Crippen molar-refractivity contribution in [1.82, 2.24) is 0 Å². The van der Waals surface area contributed by atoms with Gasteiger partial charge in [-0.25, -0.2) is 0 Å². The smallest absolute Gasteiger partial charge is 0.336 e. The highest BCUT2D eigenvalue weighted by Gasteiger charge is 2.34. The lowest BCUT2D eigenvalue weighted by atomic mass is 10.0. The van der Waals surface area contributed by atoms with Crippen molar-refractivity contribution in [1.29, 1.82) is 0 Å². The molecule has 0 aliphatic carbocycles. The Morgan fingerprint density at radius 2 is 0.857 bits per heavy atom. The maximum atomic E-state index is 13.8. The van der Waals surface area contributed by atoms with Crippen LogP contribution in [0.3, 0.4) is 0 Å². The minimum Gasteiger partial charge on any atom is -0.442 e. The number of hydrogen-bond acceptors (Lipinski definition) is 5. The Morgan fingerprint density at radius 3 is 1.23 bits per heavy atom. The van der Waals surface area contributed by atoms with Crippen molar-refractivity contribution in [2.24, 2.45) is 0 Å². The molecule has 7 nitrogen and oxygen atoms in total. The minimum atomic E-state index is -4.56. The first-order valence-electron chi connectivity index (χ1n) is 23.8. The van der Waals surface area contributed by atoms with Gasteiger partial charge in [-0.1, -0.05) is 225 Å². The van der Waals surface area contributed by atoms with E-state index < -0.39 is 20.9 Å². The molecule has 1 aromatic carbocycles. The van der Waals surface area contributed by atoms with Gasteiger partial charge in [-0.05, 0) is 31.4 Å². The van der Waals surface area contributed by atoms with Crippen LogP contribution in [0.5, 0.6) is 5.75 Å². The van der Waals surface area contributed by atoms with Crippen molar-refractivity contribution in [3.63, 3.8) is 0 Å². The number of ether oxygens (including phenoxy) is 2. The first-order valence-corrected chi connectivity index (χ1v) is 27.6. The largest absolute Gasteiger partial charge is 0.442 e. The van der Waals surface area contributed by atoms with E-state index in [2.05, 4.69) is 13.8 Å². The molecule has 330 valence electrons. The zero-order valence-electron chi connectivity index (χ0n) is 36.7. The highest BCUT2D eigenvalue weighted by Crippen LogP contribution is 2.58. The second-order valence-electron chi connectivity index (χ2n) is 16.7. The van der Waals surface area contributed by atoms with Crippen molar-refractivity contribution in [3.8, 4) is 5.75 Å². The summed E-state index contributed by atoms with van der Waals surface area (Å²) in [7, 11) is -8.23. The molecule has 0 saturated carbocycles. The highest BCUT2D eigenvalue weighted by atomic mass is 31.2. The lowest BCUT2D eigenvalue weighted by Gasteiger charge is -2.23. The maximum absolute atomic E-state index is 13.8. The molecule has 2 atom stereocenters. The Morgan fingerprint density at radius 1 is 0.500 bits per heavy atom. The number of unbranched alkanes of at least 4 members (excludes halogenated alkanes) is 30. The molecule has 0 spiro atoms. The molecule has 0 bridgehead atoms. The summed E-state index contributed by atoms with van der Waals surface area (Å²) >= 11 is 0. The molecule has 0 saturated heterocycles. The molecule has 0 fully saturated rings. The summed E-state index contributed by atoms with van der Waals surface area (Å²) in [5.41, 5.74) is 0. The first-order chi connectivity index (χ1) is 27.3. The summed E-state index contributed by atoms with van der Waals surface area (Å²) in [6.07, 6.45) is 42.5. The summed E-state index contributed by atoms with van der Waals surface area (Å²) in [5.74, 6) is -0.421. The average molecular weight is 829 g/mol. The van der Waals surface area contributed by atoms with Crippen LogP contribution in [0.15, 0.2) is 30.3 Å². The van der Waals surface area contributed by atoms with E-state index in [1.54, 1.807) is 24.3 Å². The second kappa shape index (κ2) is 38.5. The minimum absolute atomic E-state index is 0.0268. The van der Waals surface area contributed by atoms with Crippen LogP contribution >= 0.6 is 15.0 Å². The fraction of sp³-hybridized carbons (Fsp3) is 0.872. The Hall–Kier alpha value is -0.680. The molecular weight excluding hydrogens is 738 g/mol. The summed E-state index contributed by atoms with van der Waals surface area (Å²) in [6, 6.07) is 8.67. The van der Waals surface area contributed by atoms with Crippen molar-refractivity contribution < 1.29 is 32.9 Å². The van der Waals surface area contributed by atoms with E-state index in [0.29, 0.717) is 32.0 Å². The van der Waals surface area contributed by atoms with Crippen LogP contribution in [0, 0.1) is 0 Å². The Balaban J connectivity index is 2.31. The van der Waals surface area contributed by atoms with Crippen LogP contribution in [0.25, 0.3) is 0 Å². The van der Waals surface area contributed by atoms with Crippen LogP contribution < -0.4 is 4.52 Å². The molecule has 0 aliphatic heterocycles. The van der Waals surface area contributed by atoms with E-state index in [1.807, 2.05) is 6.07 Å². The maximum Gasteiger partial charge on any atom is 0.336 e. The van der Waals surface area contributed by atoms with Crippen LogP contribution in [0.1, 0.15) is 226 Å². The third-order valence-electron chi connectivity index (χ3n) is 11.0. The predicted molar refractivity (Wildman–Crippen MR) is 241 cm³/mol. The normalized spacial score (nSPS) is 13.6. The van der Waals surface area contributed by atoms with E-state index in [1.165, 1.54) is 180 Å². The lowest BCUT2D eigenvalue weighted by molar-refractivity contribution is -0.0198. The Bertz CT molecular complexity index is 1050. The summed E-state index contributed by atoms with van der Waals surface area (Å²) in [6.45, 7) is 6.21. The fourth-order valence-corrected chi connectivity index (χ4v) is 11.8. The first kappa shape index (κ1) is 53.3. The number of benzene rings is 1. The third-order valence-corrected chi connectivity index (χ3v) is 15.7. The van der Waals surface area contributed by atoms with Crippen LogP contribution in [-0.4, -0.2) is 47.8 Å². The van der Waals surface area contributed by atoms with Crippen molar-refractivity contribution in [3.05, 3.63) is 30.3 Å². The standard InChI is InChI=1S/C47H90O7P2/c1-3-5-7-9-11-13-15-17-19-21-23-25-27-29-31-36-41-52-44-47(40-43-55(48,45-56(49,50)51)54-46-38-34-33-35-39-46)53-42-37-32-30-28-26-24-22-20-18-16-14-12-10-8-6-4-2/h33-35,38-39,47H,3-32,36-37,40-45H2,1-2H3,(H2,49,50,51)/t47-,55+/m0/s1. The lowest BCUT2D eigenvalue weighted by Crippen LogP contribution is -2.23. The van der Waals surface area contributed by atoms with Crippen molar-refractivity contribution in [2.75, 3.05) is 31.9 Å². The molecule has 0 aliphatic rings. The van der Waals surface area contributed by atoms with Gasteiger partial charge < -0.3 is 23.8 Å². The quantitative estimate of drug-likeness (QED) is 0.0499. The molecular formula is C47H90O7P2. The molecule has 0 heterocycles. The molecule has 0 radical (unpaired) electrons. The van der Waals surface area contributed by atoms with Crippen molar-refractivity contribution in [2.45, 2.75) is 232 Å². The Labute approximate surface area is 346 Å². The second-order valence-corrected chi connectivity index (χ2v) is 21.4. The molecule has 0 unspecified atom stereocenters. The van der Waals surface area contributed by atoms with Gasteiger partial charge in [-0.2, -0.15) is 0 Å². The third kappa shape index (κ3) is 36.4. The van der Waals surface area contributed by atoms with Gasteiger partial charge in [0.1, 0.15) is 11.7 Å². The zero-order chi connectivity index (χ0) is 40.7. The predicted octanol–water partition coefficient (Wildman–Crippen LogP) is 15.8. The number of rotatable bonds is 44. The van der Waals surface area contributed by atoms with Gasteiger partial charge in [0.15, 0.2) is 0 Å². The average Bonchev–Trinajstić information content (AvgIpc) is 3.17. The number of hydrogen-bond donors (Lipinski definition) is 2. The SMILES string of the molecule is CCCCCCCCCCCCCCCCCCOC[C@H](CC[P@](=O)(CP(=O)(O)O)Oc1ccccc1)OCCCCCCCCCCCCCCCCCC. The van der Waals surface area contributed by atoms with E-state index in [0.717, 1.165) is 25.7 Å². The number of para-hydroxylation sites is 1. The summed E-state index contributed by atoms with van der Waals surface area (Å²) in [5, 5.41) is 0. The van der Waals surface area contributed by atoms with Gasteiger partial charge in [-0.3, -0.25) is 9.13 Å². The van der Waals surface area contributed by atoms with Gasteiger partial charge in [0, 0.05) is 19.4 Å². The molecule has 0 aromatic heterocycles. The molecule has 1 rings (SSSR count). The molecule has 2 N–H and O–H groups in total. The monoisotopic (exact) mass is 829 g/mol. The van der Waals surface area contributed by atoms with E-state index in [9.17, 15) is 18.9 Å². The van der Waals surface area contributed by atoms with Gasteiger partial charge in [0.25, 0.3) is 7.37 Å². The molecule has 1 aromatic rings. The molecule has 56 heavy (non-hydrogen) atoms. The molecule has 0 amide bonds. The van der Waals surface area contributed by atoms with Crippen molar-refractivity contribution >= 4 is 15.0 Å². The summed E-state index contributed by atoms with van der Waals surface area (Å²) < 4.78 is 43.9. The summed E-state index contributed by atoms with van der Waals surface area (Å²) in [4.78, 5) is 19.5. The van der Waals surface area contributed by atoms with Gasteiger partial charge >= 0.3 is 7.60 Å².